The van der Waals surface area contributed by atoms with Crippen LogP contribution in [0.3, 0.4) is 0 Å². The molecular formula is C13H10N2O4. The van der Waals surface area contributed by atoms with Gasteiger partial charge in [0.05, 0.1) is 21.5 Å². The van der Waals surface area contributed by atoms with E-state index in [4.69, 9.17) is 0 Å². The van der Waals surface area contributed by atoms with E-state index in [9.17, 15) is 20.2 Å². The Labute approximate surface area is 108 Å². The van der Waals surface area contributed by atoms with E-state index in [1.807, 2.05) is 19.1 Å². The lowest BCUT2D eigenvalue weighted by Crippen LogP contribution is -1.95. The molecule has 0 N–H and O–H groups in total. The maximum absolute atomic E-state index is 11.0. The molecule has 2 rings (SSSR count). The van der Waals surface area contributed by atoms with Crippen LogP contribution in [0.25, 0.3) is 11.1 Å². The Morgan fingerprint density at radius 2 is 1.53 bits per heavy atom. The fourth-order valence-electron chi connectivity index (χ4n) is 1.76. The highest BCUT2D eigenvalue weighted by Gasteiger charge is 2.20. The van der Waals surface area contributed by atoms with Gasteiger partial charge in [0.15, 0.2) is 0 Å². The Kier molecular flexibility index (Phi) is 3.24. The Morgan fingerprint density at radius 1 is 0.895 bits per heavy atom. The van der Waals surface area contributed by atoms with Gasteiger partial charge in [-0.25, -0.2) is 0 Å². The maximum Gasteiger partial charge on any atom is 0.284 e. The maximum atomic E-state index is 11.0. The Morgan fingerprint density at radius 3 is 2.05 bits per heavy atom. The summed E-state index contributed by atoms with van der Waals surface area (Å²) < 4.78 is 0. The van der Waals surface area contributed by atoms with Crippen molar-refractivity contribution in [2.24, 2.45) is 0 Å². The van der Waals surface area contributed by atoms with Gasteiger partial charge in [0.1, 0.15) is 0 Å². The largest absolute Gasteiger partial charge is 0.284 e. The summed E-state index contributed by atoms with van der Waals surface area (Å²) in [6, 6.07) is 10.8. The van der Waals surface area contributed by atoms with Gasteiger partial charge in [-0.1, -0.05) is 29.8 Å². The van der Waals surface area contributed by atoms with Crippen LogP contribution in [0, 0.1) is 27.2 Å². The first kappa shape index (κ1) is 12.7. The van der Waals surface area contributed by atoms with Crippen molar-refractivity contribution in [3.05, 3.63) is 68.3 Å². The minimum absolute atomic E-state index is 0.266. The van der Waals surface area contributed by atoms with E-state index in [1.165, 1.54) is 12.1 Å². The van der Waals surface area contributed by atoms with E-state index in [1.54, 1.807) is 12.1 Å². The quantitative estimate of drug-likeness (QED) is 0.622. The summed E-state index contributed by atoms with van der Waals surface area (Å²) in [5.41, 5.74) is 1.51. The monoisotopic (exact) mass is 258 g/mol. The van der Waals surface area contributed by atoms with Gasteiger partial charge in [-0.05, 0) is 18.6 Å². The number of aryl methyl sites for hydroxylation is 1. The summed E-state index contributed by atoms with van der Waals surface area (Å²) >= 11 is 0. The molecule has 6 heteroatoms. The third-order valence-corrected chi connectivity index (χ3v) is 2.75. The van der Waals surface area contributed by atoms with Gasteiger partial charge in [0.25, 0.3) is 11.4 Å². The van der Waals surface area contributed by atoms with E-state index < -0.39 is 9.85 Å². The molecule has 96 valence electrons. The molecule has 0 saturated heterocycles. The summed E-state index contributed by atoms with van der Waals surface area (Å²) in [6.07, 6.45) is 0. The zero-order valence-electron chi connectivity index (χ0n) is 10.1. The summed E-state index contributed by atoms with van der Waals surface area (Å²) in [5, 5.41) is 21.7. The molecule has 19 heavy (non-hydrogen) atoms. The highest BCUT2D eigenvalue weighted by Crippen LogP contribution is 2.32. The molecule has 0 bridgehead atoms. The van der Waals surface area contributed by atoms with Gasteiger partial charge in [-0.3, -0.25) is 20.2 Å². The minimum atomic E-state index is -0.647. The Hall–Kier alpha value is -2.76. The van der Waals surface area contributed by atoms with Crippen LogP contribution in [-0.4, -0.2) is 9.85 Å². The average molecular weight is 258 g/mol. The zero-order valence-corrected chi connectivity index (χ0v) is 10.1. The summed E-state index contributed by atoms with van der Waals surface area (Å²) in [4.78, 5) is 20.4. The van der Waals surface area contributed by atoms with Crippen LogP contribution in [0.15, 0.2) is 42.5 Å². The van der Waals surface area contributed by atoms with E-state index in [-0.39, 0.29) is 11.4 Å². The number of non-ortho nitro benzene ring substituents is 1. The van der Waals surface area contributed by atoms with E-state index >= 15 is 0 Å². The second kappa shape index (κ2) is 4.85. The third-order valence-electron chi connectivity index (χ3n) is 2.75. The first-order valence-electron chi connectivity index (χ1n) is 5.49. The SMILES string of the molecule is Cc1ccc(-c2ccc([N+](=O)[O-])cc2[N+](=O)[O-])cc1. The number of rotatable bonds is 3. The molecule has 0 heterocycles. The van der Waals surface area contributed by atoms with Crippen molar-refractivity contribution in [1.29, 1.82) is 0 Å². The van der Waals surface area contributed by atoms with Crippen LogP contribution in [0.2, 0.25) is 0 Å². The van der Waals surface area contributed by atoms with Gasteiger partial charge in [0.2, 0.25) is 0 Å². The highest BCUT2D eigenvalue weighted by molar-refractivity contribution is 5.75. The molecule has 2 aromatic rings. The second-order valence-corrected chi connectivity index (χ2v) is 4.08. The van der Waals surface area contributed by atoms with Crippen molar-refractivity contribution < 1.29 is 9.85 Å². The van der Waals surface area contributed by atoms with Crippen LogP contribution >= 0.6 is 0 Å². The molecule has 0 fully saturated rings. The topological polar surface area (TPSA) is 86.3 Å². The van der Waals surface area contributed by atoms with E-state index in [0.29, 0.717) is 11.1 Å². The van der Waals surface area contributed by atoms with Crippen molar-refractivity contribution >= 4 is 11.4 Å². The van der Waals surface area contributed by atoms with Gasteiger partial charge >= 0.3 is 0 Å². The Balaban J connectivity index is 2.59. The molecule has 6 nitrogen and oxygen atoms in total. The lowest BCUT2D eigenvalue weighted by molar-refractivity contribution is -0.393. The Bertz CT molecular complexity index is 650. The van der Waals surface area contributed by atoms with Crippen molar-refractivity contribution in [3.63, 3.8) is 0 Å². The zero-order chi connectivity index (χ0) is 14.0. The fourth-order valence-corrected chi connectivity index (χ4v) is 1.76. The lowest BCUT2D eigenvalue weighted by Gasteiger charge is -2.03. The van der Waals surface area contributed by atoms with Crippen molar-refractivity contribution in [2.75, 3.05) is 0 Å². The molecule has 0 unspecified atom stereocenters. The molecule has 0 spiro atoms. The molecule has 0 aliphatic carbocycles. The average Bonchev–Trinajstić information content (AvgIpc) is 2.38. The molecule has 0 aromatic heterocycles. The summed E-state index contributed by atoms with van der Waals surface area (Å²) in [5.74, 6) is 0. The number of nitrogens with zero attached hydrogens (tertiary/aromatic N) is 2. The first-order chi connectivity index (χ1) is 8.99. The third kappa shape index (κ3) is 2.57. The standard InChI is InChI=1S/C13H10N2O4/c1-9-2-4-10(5-3-9)12-7-6-11(14(16)17)8-13(12)15(18)19/h2-8H,1H3. The number of nitro benzene ring substituents is 2. The minimum Gasteiger partial charge on any atom is -0.258 e. The highest BCUT2D eigenvalue weighted by atomic mass is 16.6. The molecule has 0 radical (unpaired) electrons. The van der Waals surface area contributed by atoms with E-state index in [2.05, 4.69) is 0 Å². The second-order valence-electron chi connectivity index (χ2n) is 4.08. The number of hydrogen-bond donors (Lipinski definition) is 0. The van der Waals surface area contributed by atoms with Crippen molar-refractivity contribution in [1.82, 2.24) is 0 Å². The fraction of sp³-hybridized carbons (Fsp3) is 0.0769. The van der Waals surface area contributed by atoms with Crippen LogP contribution in [0.4, 0.5) is 11.4 Å². The van der Waals surface area contributed by atoms with Gasteiger partial charge in [0, 0.05) is 6.07 Å². The van der Waals surface area contributed by atoms with Crippen LogP contribution < -0.4 is 0 Å². The normalized spacial score (nSPS) is 10.2. The number of benzene rings is 2. The van der Waals surface area contributed by atoms with E-state index in [0.717, 1.165) is 11.6 Å². The van der Waals surface area contributed by atoms with Gasteiger partial charge in [-0.15, -0.1) is 0 Å². The number of nitro groups is 2. The molecule has 0 aliphatic heterocycles. The molecule has 0 aliphatic rings. The van der Waals surface area contributed by atoms with Crippen LogP contribution in [0.1, 0.15) is 5.56 Å². The molecular weight excluding hydrogens is 248 g/mol. The summed E-state index contributed by atoms with van der Waals surface area (Å²) in [7, 11) is 0. The van der Waals surface area contributed by atoms with Crippen molar-refractivity contribution in [2.45, 2.75) is 6.92 Å². The van der Waals surface area contributed by atoms with Crippen LogP contribution in [-0.2, 0) is 0 Å². The van der Waals surface area contributed by atoms with Crippen molar-refractivity contribution in [3.8, 4) is 11.1 Å². The van der Waals surface area contributed by atoms with Crippen LogP contribution in [0.5, 0.6) is 0 Å². The number of hydrogen-bond acceptors (Lipinski definition) is 4. The van der Waals surface area contributed by atoms with Gasteiger partial charge in [-0.2, -0.15) is 0 Å². The lowest BCUT2D eigenvalue weighted by atomic mass is 10.0. The van der Waals surface area contributed by atoms with Gasteiger partial charge < -0.3 is 0 Å². The molecule has 0 saturated carbocycles. The molecule has 2 aromatic carbocycles. The molecule has 0 amide bonds. The molecule has 0 atom stereocenters. The smallest absolute Gasteiger partial charge is 0.258 e. The predicted octanol–water partition coefficient (Wildman–Crippen LogP) is 3.48. The predicted molar refractivity (Wildman–Crippen MR) is 69.9 cm³/mol. The summed E-state index contributed by atoms with van der Waals surface area (Å²) in [6.45, 7) is 1.91. The first-order valence-corrected chi connectivity index (χ1v) is 5.49.